The van der Waals surface area contributed by atoms with E-state index in [0.29, 0.717) is 16.7 Å². The van der Waals surface area contributed by atoms with E-state index in [1.165, 1.54) is 11.3 Å². The maximum atomic E-state index is 12.6. The van der Waals surface area contributed by atoms with Crippen molar-refractivity contribution >= 4 is 22.9 Å². The van der Waals surface area contributed by atoms with Gasteiger partial charge in [-0.3, -0.25) is 4.79 Å². The molecule has 0 spiro atoms. The SMILES string of the molecule is COc1cccc(NC2CCN(C(=O)c3sccc3OC)CC2)c1. The van der Waals surface area contributed by atoms with Gasteiger partial charge in [-0.05, 0) is 36.4 Å². The molecule has 0 saturated carbocycles. The van der Waals surface area contributed by atoms with E-state index in [4.69, 9.17) is 9.47 Å². The molecule has 1 aliphatic heterocycles. The van der Waals surface area contributed by atoms with E-state index in [1.54, 1.807) is 14.2 Å². The summed E-state index contributed by atoms with van der Waals surface area (Å²) in [6.07, 6.45) is 1.85. The molecule has 1 aromatic heterocycles. The number of likely N-dealkylation sites (tertiary alicyclic amines) is 1. The highest BCUT2D eigenvalue weighted by atomic mass is 32.1. The number of nitrogens with zero attached hydrogens (tertiary/aromatic N) is 1. The van der Waals surface area contributed by atoms with Crippen LogP contribution in [0, 0.1) is 0 Å². The van der Waals surface area contributed by atoms with Gasteiger partial charge in [-0.1, -0.05) is 6.07 Å². The number of benzene rings is 1. The van der Waals surface area contributed by atoms with E-state index < -0.39 is 0 Å². The number of carbonyl (C=O) groups excluding carboxylic acids is 1. The van der Waals surface area contributed by atoms with Gasteiger partial charge in [0.05, 0.1) is 14.2 Å². The van der Waals surface area contributed by atoms with Gasteiger partial charge in [-0.15, -0.1) is 11.3 Å². The van der Waals surface area contributed by atoms with Gasteiger partial charge < -0.3 is 19.7 Å². The summed E-state index contributed by atoms with van der Waals surface area (Å²) in [5, 5.41) is 5.42. The van der Waals surface area contributed by atoms with E-state index in [0.717, 1.165) is 37.4 Å². The number of hydrogen-bond acceptors (Lipinski definition) is 5. The number of nitrogens with one attached hydrogen (secondary N) is 1. The fourth-order valence-electron chi connectivity index (χ4n) is 2.93. The first-order chi connectivity index (χ1) is 11.7. The van der Waals surface area contributed by atoms with Crippen molar-refractivity contribution in [3.8, 4) is 11.5 Å². The third-order valence-corrected chi connectivity index (χ3v) is 5.15. The molecular formula is C18H22N2O3S. The molecule has 0 aliphatic carbocycles. The van der Waals surface area contributed by atoms with Crippen molar-refractivity contribution < 1.29 is 14.3 Å². The molecule has 1 amide bonds. The molecule has 128 valence electrons. The number of thiophene rings is 1. The monoisotopic (exact) mass is 346 g/mol. The molecule has 1 N–H and O–H groups in total. The molecule has 1 fully saturated rings. The lowest BCUT2D eigenvalue weighted by atomic mass is 10.0. The third kappa shape index (κ3) is 3.64. The number of amides is 1. The lowest BCUT2D eigenvalue weighted by Gasteiger charge is -2.32. The van der Waals surface area contributed by atoms with Gasteiger partial charge in [-0.2, -0.15) is 0 Å². The average Bonchev–Trinajstić information content (AvgIpc) is 3.10. The van der Waals surface area contributed by atoms with Crippen molar-refractivity contribution in [3.63, 3.8) is 0 Å². The Morgan fingerprint density at radius 2 is 2.00 bits per heavy atom. The molecule has 1 aliphatic rings. The number of piperidine rings is 1. The standard InChI is InChI=1S/C18H22N2O3S/c1-22-15-5-3-4-14(12-15)19-13-6-9-20(10-7-13)18(21)17-16(23-2)8-11-24-17/h3-5,8,11-13,19H,6-7,9-10H2,1-2H3. The Hall–Kier alpha value is -2.21. The Morgan fingerprint density at radius 3 is 2.71 bits per heavy atom. The smallest absolute Gasteiger partial charge is 0.267 e. The van der Waals surface area contributed by atoms with Crippen LogP contribution in [0.5, 0.6) is 11.5 Å². The van der Waals surface area contributed by atoms with E-state index in [2.05, 4.69) is 5.32 Å². The maximum Gasteiger partial charge on any atom is 0.267 e. The summed E-state index contributed by atoms with van der Waals surface area (Å²) in [6, 6.07) is 10.1. The maximum absolute atomic E-state index is 12.6. The largest absolute Gasteiger partial charge is 0.497 e. The van der Waals surface area contributed by atoms with Crippen LogP contribution in [0.15, 0.2) is 35.7 Å². The second-order valence-electron chi connectivity index (χ2n) is 5.76. The van der Waals surface area contributed by atoms with Crippen LogP contribution in [0.25, 0.3) is 0 Å². The summed E-state index contributed by atoms with van der Waals surface area (Å²) >= 11 is 1.44. The minimum absolute atomic E-state index is 0.0710. The molecule has 0 bridgehead atoms. The van der Waals surface area contributed by atoms with Crippen LogP contribution in [-0.4, -0.2) is 44.2 Å². The number of anilines is 1. The quantitative estimate of drug-likeness (QED) is 0.900. The highest BCUT2D eigenvalue weighted by Crippen LogP contribution is 2.28. The van der Waals surface area contributed by atoms with Crippen LogP contribution in [0.4, 0.5) is 5.69 Å². The van der Waals surface area contributed by atoms with Gasteiger partial charge in [-0.25, -0.2) is 0 Å². The predicted octanol–water partition coefficient (Wildman–Crippen LogP) is 3.48. The lowest BCUT2D eigenvalue weighted by Crippen LogP contribution is -2.42. The molecule has 24 heavy (non-hydrogen) atoms. The topological polar surface area (TPSA) is 50.8 Å². The highest BCUT2D eigenvalue weighted by molar-refractivity contribution is 7.12. The zero-order valence-electron chi connectivity index (χ0n) is 14.0. The van der Waals surface area contributed by atoms with E-state index in [1.807, 2.05) is 40.6 Å². The Balaban J connectivity index is 1.56. The van der Waals surface area contributed by atoms with Gasteiger partial charge in [0.15, 0.2) is 0 Å². The summed E-state index contributed by atoms with van der Waals surface area (Å²) in [7, 11) is 3.27. The number of ether oxygens (including phenoxy) is 2. The van der Waals surface area contributed by atoms with Crippen molar-refractivity contribution in [2.45, 2.75) is 18.9 Å². The molecule has 1 saturated heterocycles. The number of carbonyl (C=O) groups is 1. The molecule has 2 heterocycles. The molecule has 1 aromatic carbocycles. The number of methoxy groups -OCH3 is 2. The van der Waals surface area contributed by atoms with Crippen LogP contribution in [-0.2, 0) is 0 Å². The fraction of sp³-hybridized carbons (Fsp3) is 0.389. The second-order valence-corrected chi connectivity index (χ2v) is 6.68. The second kappa shape index (κ2) is 7.57. The van der Waals surface area contributed by atoms with Crippen LogP contribution >= 0.6 is 11.3 Å². The minimum Gasteiger partial charge on any atom is -0.497 e. The van der Waals surface area contributed by atoms with Gasteiger partial charge in [0.25, 0.3) is 5.91 Å². The van der Waals surface area contributed by atoms with E-state index >= 15 is 0 Å². The van der Waals surface area contributed by atoms with Crippen molar-refractivity contribution in [1.82, 2.24) is 4.90 Å². The van der Waals surface area contributed by atoms with Crippen molar-refractivity contribution in [2.24, 2.45) is 0 Å². The Labute approximate surface area is 146 Å². The zero-order chi connectivity index (χ0) is 16.9. The normalized spacial score (nSPS) is 15.2. The molecule has 3 rings (SSSR count). The lowest BCUT2D eigenvalue weighted by molar-refractivity contribution is 0.0720. The van der Waals surface area contributed by atoms with Gasteiger partial charge in [0, 0.05) is 30.9 Å². The first kappa shape index (κ1) is 16.6. The van der Waals surface area contributed by atoms with Crippen LogP contribution < -0.4 is 14.8 Å². The van der Waals surface area contributed by atoms with Crippen LogP contribution in [0.1, 0.15) is 22.5 Å². The molecule has 0 radical (unpaired) electrons. The van der Waals surface area contributed by atoms with Crippen LogP contribution in [0.2, 0.25) is 0 Å². The molecule has 2 aromatic rings. The molecule has 5 nitrogen and oxygen atoms in total. The highest BCUT2D eigenvalue weighted by Gasteiger charge is 2.26. The Morgan fingerprint density at radius 1 is 1.21 bits per heavy atom. The minimum atomic E-state index is 0.0710. The average molecular weight is 346 g/mol. The van der Waals surface area contributed by atoms with Gasteiger partial charge in [0.2, 0.25) is 0 Å². The van der Waals surface area contributed by atoms with Crippen LogP contribution in [0.3, 0.4) is 0 Å². The molecule has 0 atom stereocenters. The summed E-state index contributed by atoms with van der Waals surface area (Å²) in [4.78, 5) is 15.2. The summed E-state index contributed by atoms with van der Waals surface area (Å²) in [5.41, 5.74) is 1.05. The first-order valence-corrected chi connectivity index (χ1v) is 8.90. The summed E-state index contributed by atoms with van der Waals surface area (Å²) in [5.74, 6) is 1.58. The van der Waals surface area contributed by atoms with E-state index in [-0.39, 0.29) is 5.91 Å². The Kier molecular flexibility index (Phi) is 5.25. The molecule has 0 unspecified atom stereocenters. The van der Waals surface area contributed by atoms with Gasteiger partial charge in [0.1, 0.15) is 16.4 Å². The number of rotatable bonds is 5. The van der Waals surface area contributed by atoms with Crippen molar-refractivity contribution in [2.75, 3.05) is 32.6 Å². The summed E-state index contributed by atoms with van der Waals surface area (Å²) < 4.78 is 10.5. The fourth-order valence-corrected chi connectivity index (χ4v) is 3.76. The summed E-state index contributed by atoms with van der Waals surface area (Å²) in [6.45, 7) is 1.50. The molecule has 6 heteroatoms. The van der Waals surface area contributed by atoms with Gasteiger partial charge >= 0.3 is 0 Å². The first-order valence-electron chi connectivity index (χ1n) is 8.02. The third-order valence-electron chi connectivity index (χ3n) is 4.27. The number of hydrogen-bond donors (Lipinski definition) is 1. The molecular weight excluding hydrogens is 324 g/mol. The zero-order valence-corrected chi connectivity index (χ0v) is 14.8. The van der Waals surface area contributed by atoms with Crippen molar-refractivity contribution in [1.29, 1.82) is 0 Å². The van der Waals surface area contributed by atoms with Crippen molar-refractivity contribution in [3.05, 3.63) is 40.6 Å². The predicted molar refractivity (Wildman–Crippen MR) is 96.4 cm³/mol. The van der Waals surface area contributed by atoms with E-state index in [9.17, 15) is 4.79 Å². The Bertz CT molecular complexity index is 693.